The van der Waals surface area contributed by atoms with E-state index >= 15 is 0 Å². The van der Waals surface area contributed by atoms with Crippen molar-refractivity contribution in [2.24, 2.45) is 5.73 Å². The fraction of sp³-hybridized carbons (Fsp3) is 0.267. The molecule has 5 aromatic rings. The summed E-state index contributed by atoms with van der Waals surface area (Å²) in [6, 6.07) is 13.6. The van der Waals surface area contributed by atoms with Gasteiger partial charge < -0.3 is 25.7 Å². The van der Waals surface area contributed by atoms with Gasteiger partial charge in [0.05, 0.1) is 28.4 Å². The quantitative estimate of drug-likeness (QED) is 0.226. The minimum Gasteiger partial charge on any atom is -0.478 e. The van der Waals surface area contributed by atoms with Crippen molar-refractivity contribution >= 4 is 39.7 Å². The normalized spacial score (nSPS) is 14.7. The minimum atomic E-state index is -0.985. The lowest BCUT2D eigenvalue weighted by Gasteiger charge is -2.25. The third-order valence-corrected chi connectivity index (χ3v) is 7.68. The van der Waals surface area contributed by atoms with Crippen LogP contribution < -0.4 is 11.1 Å². The lowest BCUT2D eigenvalue weighted by Crippen LogP contribution is -2.46. The number of nitrogens with one attached hydrogen (secondary N) is 2. The molecule has 0 bridgehead atoms. The second-order valence-corrected chi connectivity index (χ2v) is 10.4. The summed E-state index contributed by atoms with van der Waals surface area (Å²) in [5, 5.41) is 13.0. The molecule has 1 aliphatic rings. The van der Waals surface area contributed by atoms with Crippen LogP contribution in [-0.2, 0) is 11.2 Å². The lowest BCUT2D eigenvalue weighted by molar-refractivity contribution is -0.119. The molecule has 0 spiro atoms. The summed E-state index contributed by atoms with van der Waals surface area (Å²) in [7, 11) is 0. The van der Waals surface area contributed by atoms with E-state index in [9.17, 15) is 19.5 Å². The van der Waals surface area contributed by atoms with Crippen LogP contribution in [0, 0.1) is 0 Å². The van der Waals surface area contributed by atoms with E-state index in [0.717, 1.165) is 48.0 Å². The number of hydrogen-bond donors (Lipinski definition) is 4. The van der Waals surface area contributed by atoms with Gasteiger partial charge in [0, 0.05) is 35.3 Å². The van der Waals surface area contributed by atoms with Gasteiger partial charge in [0.25, 0.3) is 5.91 Å². The number of nitrogens with two attached hydrogens (primary N) is 1. The van der Waals surface area contributed by atoms with Crippen LogP contribution in [0.1, 0.15) is 64.7 Å². The van der Waals surface area contributed by atoms with E-state index in [1.54, 1.807) is 24.4 Å². The Hall–Kier alpha value is -5.06. The molecule has 1 aliphatic carbocycles. The van der Waals surface area contributed by atoms with Gasteiger partial charge in [-0.1, -0.05) is 25.3 Å². The van der Waals surface area contributed by atoms with Gasteiger partial charge in [-0.05, 0) is 55.3 Å². The zero-order valence-corrected chi connectivity index (χ0v) is 22.2. The van der Waals surface area contributed by atoms with Crippen LogP contribution in [0.5, 0.6) is 0 Å². The number of aromatic nitrogens is 5. The molecule has 1 atom stereocenters. The molecular weight excluding hydrogens is 522 g/mol. The smallest absolute Gasteiger partial charge is 0.335 e. The number of primary amides is 1. The largest absolute Gasteiger partial charge is 0.478 e. The maximum absolute atomic E-state index is 13.0. The summed E-state index contributed by atoms with van der Waals surface area (Å²) in [5.74, 6) is -1.37. The van der Waals surface area contributed by atoms with Gasteiger partial charge in [-0.25, -0.2) is 19.7 Å². The van der Waals surface area contributed by atoms with E-state index in [4.69, 9.17) is 10.7 Å². The first-order chi connectivity index (χ1) is 19.9. The molecule has 1 saturated carbocycles. The Kier molecular flexibility index (Phi) is 6.92. The number of benzene rings is 2. The molecule has 5 N–H and O–H groups in total. The van der Waals surface area contributed by atoms with Gasteiger partial charge >= 0.3 is 5.97 Å². The molecule has 11 heteroatoms. The highest BCUT2D eigenvalue weighted by molar-refractivity contribution is 5.98. The summed E-state index contributed by atoms with van der Waals surface area (Å²) in [4.78, 5) is 52.8. The number of hydrogen-bond acceptors (Lipinski definition) is 6. The van der Waals surface area contributed by atoms with E-state index in [2.05, 4.69) is 24.8 Å². The third-order valence-electron chi connectivity index (χ3n) is 7.68. The fourth-order valence-corrected chi connectivity index (χ4v) is 5.61. The predicted molar refractivity (Wildman–Crippen MR) is 152 cm³/mol. The monoisotopic (exact) mass is 551 g/mol. The van der Waals surface area contributed by atoms with Crippen LogP contribution in [0.2, 0.25) is 0 Å². The Labute approximate surface area is 234 Å². The molecule has 208 valence electrons. The number of rotatable bonds is 8. The van der Waals surface area contributed by atoms with E-state index in [1.807, 2.05) is 30.3 Å². The summed E-state index contributed by atoms with van der Waals surface area (Å²) in [6.07, 6.45) is 8.83. The fourth-order valence-electron chi connectivity index (χ4n) is 5.61. The first-order valence-corrected chi connectivity index (χ1v) is 13.6. The highest BCUT2D eigenvalue weighted by Gasteiger charge is 2.24. The number of carbonyl (C=O) groups excluding carboxylic acids is 2. The van der Waals surface area contributed by atoms with Crippen molar-refractivity contribution in [1.82, 2.24) is 29.8 Å². The molecule has 2 amide bonds. The van der Waals surface area contributed by atoms with Crippen LogP contribution >= 0.6 is 0 Å². The number of aromatic carboxylic acids is 1. The molecule has 1 fully saturated rings. The van der Waals surface area contributed by atoms with Gasteiger partial charge in [0.15, 0.2) is 0 Å². The number of aromatic amines is 1. The Morgan fingerprint density at radius 2 is 1.85 bits per heavy atom. The van der Waals surface area contributed by atoms with Crippen LogP contribution in [0.15, 0.2) is 61.1 Å². The number of nitrogens with zero attached hydrogens (tertiary/aromatic N) is 4. The number of fused-ring (bicyclic) bond motifs is 2. The maximum atomic E-state index is 13.0. The summed E-state index contributed by atoms with van der Waals surface area (Å²) >= 11 is 0. The van der Waals surface area contributed by atoms with Gasteiger partial charge in [0.1, 0.15) is 17.6 Å². The second kappa shape index (κ2) is 10.8. The van der Waals surface area contributed by atoms with E-state index in [1.165, 1.54) is 12.7 Å². The molecule has 3 aromatic heterocycles. The molecule has 0 radical (unpaired) electrons. The van der Waals surface area contributed by atoms with Crippen molar-refractivity contribution < 1.29 is 19.5 Å². The third kappa shape index (κ3) is 5.25. The Morgan fingerprint density at radius 1 is 1.02 bits per heavy atom. The van der Waals surface area contributed by atoms with E-state index in [-0.39, 0.29) is 23.7 Å². The van der Waals surface area contributed by atoms with E-state index < -0.39 is 23.8 Å². The van der Waals surface area contributed by atoms with Crippen molar-refractivity contribution in [2.75, 3.05) is 0 Å². The number of H-pyrrole nitrogens is 1. The number of amides is 2. The topological polar surface area (TPSA) is 169 Å². The summed E-state index contributed by atoms with van der Waals surface area (Å²) < 4.78 is 2.25. The molecule has 0 unspecified atom stereocenters. The molecule has 6 rings (SSSR count). The van der Waals surface area contributed by atoms with Crippen LogP contribution in [0.4, 0.5) is 0 Å². The average Bonchev–Trinajstić information content (AvgIpc) is 3.64. The lowest BCUT2D eigenvalue weighted by atomic mass is 9.94. The Balaban J connectivity index is 1.32. The van der Waals surface area contributed by atoms with Crippen LogP contribution in [-0.4, -0.2) is 53.4 Å². The van der Waals surface area contributed by atoms with Crippen LogP contribution in [0.25, 0.3) is 33.3 Å². The van der Waals surface area contributed by atoms with Crippen molar-refractivity contribution in [2.45, 2.75) is 50.6 Å². The van der Waals surface area contributed by atoms with Gasteiger partial charge in [-0.3, -0.25) is 9.59 Å². The van der Waals surface area contributed by atoms with Gasteiger partial charge in [0.2, 0.25) is 5.91 Å². The minimum absolute atomic E-state index is 0.164. The van der Waals surface area contributed by atoms with Gasteiger partial charge in [-0.2, -0.15) is 0 Å². The number of carboxylic acids is 1. The van der Waals surface area contributed by atoms with E-state index in [0.29, 0.717) is 16.7 Å². The highest BCUT2D eigenvalue weighted by Crippen LogP contribution is 2.36. The molecule has 2 aromatic carbocycles. The zero-order valence-electron chi connectivity index (χ0n) is 22.2. The first-order valence-electron chi connectivity index (χ1n) is 13.6. The molecule has 41 heavy (non-hydrogen) atoms. The molecule has 11 nitrogen and oxygen atoms in total. The standard InChI is InChI=1S/C30H29N7O4/c31-27(38)25(14-20-15-32-16-33-20)36-29(39)23-10-6-17-12-18(7-9-22(17)34-23)28-35-24-13-19(30(40)41)8-11-26(24)37(28)21-4-2-1-3-5-21/h6-13,15-16,21,25H,1-5,14H2,(H2,31,38)(H,32,33)(H,36,39)(H,40,41)/t25-/m0/s1. The average molecular weight is 552 g/mol. The molecule has 3 heterocycles. The Bertz CT molecular complexity index is 1770. The highest BCUT2D eigenvalue weighted by atomic mass is 16.4. The number of pyridine rings is 1. The SMILES string of the molecule is NC(=O)[C@H](Cc1cnc[nH]1)NC(=O)c1ccc2cc(-c3nc4cc(C(=O)O)ccc4n3C3CCCCC3)ccc2n1. The Morgan fingerprint density at radius 3 is 2.59 bits per heavy atom. The second-order valence-electron chi connectivity index (χ2n) is 10.4. The van der Waals surface area contributed by atoms with Gasteiger partial charge in [-0.15, -0.1) is 0 Å². The summed E-state index contributed by atoms with van der Waals surface area (Å²) in [6.45, 7) is 0. The maximum Gasteiger partial charge on any atom is 0.335 e. The summed E-state index contributed by atoms with van der Waals surface area (Å²) in [5.41, 5.74) is 9.61. The number of imidazole rings is 2. The first kappa shape index (κ1) is 26.2. The number of carbonyl (C=O) groups is 3. The molecule has 0 aliphatic heterocycles. The van der Waals surface area contributed by atoms with Crippen molar-refractivity contribution in [1.29, 1.82) is 0 Å². The molecule has 0 saturated heterocycles. The van der Waals surface area contributed by atoms with Crippen molar-refractivity contribution in [3.05, 3.63) is 78.0 Å². The zero-order chi connectivity index (χ0) is 28.5. The van der Waals surface area contributed by atoms with Crippen molar-refractivity contribution in [3.8, 4) is 11.4 Å². The predicted octanol–water partition coefficient (Wildman–Crippen LogP) is 4.00. The van der Waals surface area contributed by atoms with Crippen molar-refractivity contribution in [3.63, 3.8) is 0 Å². The molecular formula is C30H29N7O4. The number of carboxylic acid groups (broad SMARTS) is 1. The van der Waals surface area contributed by atoms with Crippen LogP contribution in [0.3, 0.4) is 0 Å².